The molecular formula is C41H58N4O11S. The molecule has 1 aromatic carbocycles. The molecule has 15 nitrogen and oxygen atoms in total. The molecule has 2 aliphatic carbocycles. The molecule has 1 unspecified atom stereocenters. The lowest BCUT2D eigenvalue weighted by atomic mass is 9.85. The van der Waals surface area contributed by atoms with E-state index in [0.717, 1.165) is 30.4 Å². The monoisotopic (exact) mass is 814 g/mol. The number of amides is 4. The maximum absolute atomic E-state index is 14.6. The summed E-state index contributed by atoms with van der Waals surface area (Å²) in [7, 11) is -3.87. The zero-order valence-corrected chi connectivity index (χ0v) is 34.8. The summed E-state index contributed by atoms with van der Waals surface area (Å²) >= 11 is 0. The number of ketones is 1. The zero-order chi connectivity index (χ0) is 41.5. The second-order valence-electron chi connectivity index (χ2n) is 18.5. The third-order valence-electron chi connectivity index (χ3n) is 12.2. The lowest BCUT2D eigenvalue weighted by molar-refractivity contribution is -0.142. The number of ether oxygens (including phenoxy) is 3. The lowest BCUT2D eigenvalue weighted by Gasteiger charge is -2.35. The summed E-state index contributed by atoms with van der Waals surface area (Å²) in [5.41, 5.74) is -0.466. The number of rotatable bonds is 7. The first-order chi connectivity index (χ1) is 26.7. The van der Waals surface area contributed by atoms with Gasteiger partial charge in [0.1, 0.15) is 12.1 Å². The molecule has 314 valence electrons. The number of carbonyl (C=O) groups is 6. The van der Waals surface area contributed by atoms with Crippen molar-refractivity contribution in [2.75, 3.05) is 19.8 Å². The third kappa shape index (κ3) is 9.74. The summed E-state index contributed by atoms with van der Waals surface area (Å²) in [6, 6.07) is 2.92. The number of hydrogen-bond acceptors (Lipinski definition) is 11. The van der Waals surface area contributed by atoms with Crippen LogP contribution in [0.25, 0.3) is 0 Å². The highest BCUT2D eigenvalue weighted by atomic mass is 32.2. The molecule has 2 N–H and O–H groups in total. The molecule has 16 heteroatoms. The van der Waals surface area contributed by atoms with E-state index in [9.17, 15) is 37.2 Å². The summed E-state index contributed by atoms with van der Waals surface area (Å²) in [4.78, 5) is 85.3. The number of nitrogens with zero attached hydrogens (tertiary/aromatic N) is 2. The lowest BCUT2D eigenvalue weighted by Crippen LogP contribution is -2.57. The molecule has 0 aromatic heterocycles. The maximum atomic E-state index is 14.6. The van der Waals surface area contributed by atoms with Crippen LogP contribution in [0.3, 0.4) is 0 Å². The number of Topliss-reactive ketones (excluding diaryl/α,β-unsaturated/α-hetero) is 1. The Balaban J connectivity index is 1.26. The fourth-order valence-corrected chi connectivity index (χ4v) is 9.73. The summed E-state index contributed by atoms with van der Waals surface area (Å²) in [6.45, 7) is 11.8. The molecule has 5 atom stereocenters. The third-order valence-corrected chi connectivity index (χ3v) is 14.0. The van der Waals surface area contributed by atoms with Gasteiger partial charge in [0.25, 0.3) is 0 Å². The van der Waals surface area contributed by atoms with Crippen molar-refractivity contribution in [2.24, 2.45) is 22.2 Å². The molecule has 3 heterocycles. The van der Waals surface area contributed by atoms with Gasteiger partial charge in [-0.1, -0.05) is 66.9 Å². The zero-order valence-electron chi connectivity index (χ0n) is 34.0. The highest BCUT2D eigenvalue weighted by Crippen LogP contribution is 2.58. The van der Waals surface area contributed by atoms with Crippen LogP contribution in [0.5, 0.6) is 0 Å². The van der Waals surface area contributed by atoms with Crippen LogP contribution in [-0.4, -0.2) is 97.2 Å². The summed E-state index contributed by atoms with van der Waals surface area (Å²) in [5.74, 6) is -2.42. The standard InChI is InChI=1S/C41H58N4O11S/c1-7-28-19-41(28,36(49)43-57(52,53)30-13-14-30)20-32(46)31-18-29-23-45(31)34(47)33(39(2,3)4)42-37(50)55-24-40(5,6)15-9-8-10-16-54-35(48)25-11-12-26-21-44(38(51)56-29)22-27(26)17-25/h11-12,17,28-31,33H,7-10,13-16,18-24H2,1-6H3,(H,42,50)(H,43,49)/t28-,29+,31?,33+,41-/m0/s1. The van der Waals surface area contributed by atoms with Gasteiger partial charge in [0.2, 0.25) is 21.8 Å². The topological polar surface area (TPSA) is 195 Å². The molecule has 3 aliphatic heterocycles. The van der Waals surface area contributed by atoms with Crippen LogP contribution >= 0.6 is 0 Å². The number of esters is 1. The van der Waals surface area contributed by atoms with Crippen molar-refractivity contribution < 1.29 is 51.4 Å². The largest absolute Gasteiger partial charge is 0.462 e. The normalized spacial score (nSPS) is 28.8. The minimum absolute atomic E-state index is 0.0581. The van der Waals surface area contributed by atoms with Crippen molar-refractivity contribution in [2.45, 2.75) is 142 Å². The molecule has 4 amide bonds. The van der Waals surface area contributed by atoms with E-state index in [0.29, 0.717) is 37.7 Å². The fourth-order valence-electron chi connectivity index (χ4n) is 8.35. The van der Waals surface area contributed by atoms with Gasteiger partial charge in [-0.2, -0.15) is 0 Å². The Morgan fingerprint density at radius 3 is 2.39 bits per heavy atom. The van der Waals surface area contributed by atoms with Crippen molar-refractivity contribution >= 4 is 45.8 Å². The Morgan fingerprint density at radius 1 is 1.00 bits per heavy atom. The van der Waals surface area contributed by atoms with Crippen molar-refractivity contribution in [3.63, 3.8) is 0 Å². The molecule has 2 saturated carbocycles. The number of benzene rings is 1. The van der Waals surface area contributed by atoms with Gasteiger partial charge in [-0.3, -0.25) is 24.0 Å². The Hall–Kier alpha value is -4.21. The predicted molar refractivity (Wildman–Crippen MR) is 207 cm³/mol. The first-order valence-electron chi connectivity index (χ1n) is 20.3. The van der Waals surface area contributed by atoms with E-state index < -0.39 is 80.0 Å². The molecule has 0 spiro atoms. The van der Waals surface area contributed by atoms with Crippen molar-refractivity contribution in [3.05, 3.63) is 34.9 Å². The van der Waals surface area contributed by atoms with Gasteiger partial charge in [-0.15, -0.1) is 0 Å². The number of hydrogen-bond donors (Lipinski definition) is 2. The van der Waals surface area contributed by atoms with Gasteiger partial charge in [0.05, 0.1) is 42.0 Å². The van der Waals surface area contributed by atoms with Crippen molar-refractivity contribution in [3.8, 4) is 0 Å². The molecule has 5 aliphatic rings. The van der Waals surface area contributed by atoms with E-state index in [-0.39, 0.29) is 57.0 Å². The van der Waals surface area contributed by atoms with E-state index in [1.807, 2.05) is 20.8 Å². The molecule has 57 heavy (non-hydrogen) atoms. The van der Waals surface area contributed by atoms with E-state index in [4.69, 9.17) is 14.2 Å². The van der Waals surface area contributed by atoms with Gasteiger partial charge in [-0.05, 0) is 72.1 Å². The van der Waals surface area contributed by atoms with Crippen LogP contribution in [0.1, 0.15) is 127 Å². The van der Waals surface area contributed by atoms with Gasteiger partial charge in [-0.25, -0.2) is 22.8 Å². The predicted octanol–water partition coefficient (Wildman–Crippen LogP) is 4.99. The number of alkyl carbamates (subject to hydrolysis) is 1. The molecule has 1 saturated heterocycles. The van der Waals surface area contributed by atoms with Crippen LogP contribution in [0.4, 0.5) is 9.59 Å². The van der Waals surface area contributed by atoms with Gasteiger partial charge in [0.15, 0.2) is 5.78 Å². The second-order valence-corrected chi connectivity index (χ2v) is 20.5. The second kappa shape index (κ2) is 16.2. The number of fused-ring (bicyclic) bond motifs is 4. The summed E-state index contributed by atoms with van der Waals surface area (Å²) in [6.07, 6.45) is 2.09. The Kier molecular flexibility index (Phi) is 12.1. The van der Waals surface area contributed by atoms with Crippen LogP contribution in [0.2, 0.25) is 0 Å². The van der Waals surface area contributed by atoms with Crippen molar-refractivity contribution in [1.82, 2.24) is 19.8 Å². The van der Waals surface area contributed by atoms with E-state index in [2.05, 4.69) is 10.0 Å². The molecule has 3 fully saturated rings. The Labute approximate surface area is 335 Å². The first-order valence-corrected chi connectivity index (χ1v) is 21.8. The molecule has 5 bridgehead atoms. The average molecular weight is 815 g/mol. The van der Waals surface area contributed by atoms with E-state index in [1.54, 1.807) is 39.0 Å². The fraction of sp³-hybridized carbons (Fsp3) is 0.707. The maximum Gasteiger partial charge on any atom is 0.410 e. The highest BCUT2D eigenvalue weighted by Gasteiger charge is 2.62. The van der Waals surface area contributed by atoms with Gasteiger partial charge in [0, 0.05) is 25.9 Å². The minimum atomic E-state index is -3.87. The number of cyclic esters (lactones) is 2. The SMILES string of the molecule is CC[C@H]1C[C@@]1(CC(=O)C1C[C@@H]2CN1C(=O)[C@H](C(C)(C)C)NC(=O)OCC(C)(C)CCCCCOC(=O)c1ccc3c(c1)CN(C3)C(=O)O2)C(=O)NS(=O)(=O)C1CC1. The summed E-state index contributed by atoms with van der Waals surface area (Å²) in [5, 5.41) is 2.13. The van der Waals surface area contributed by atoms with Gasteiger partial charge < -0.3 is 24.4 Å². The highest BCUT2D eigenvalue weighted by molar-refractivity contribution is 7.90. The molecule has 1 aromatic rings. The molecule has 0 radical (unpaired) electrons. The van der Waals surface area contributed by atoms with Crippen molar-refractivity contribution in [1.29, 1.82) is 0 Å². The number of nitrogens with one attached hydrogen (secondary N) is 2. The average Bonchev–Trinajstić information content (AvgIpc) is 4.03. The minimum Gasteiger partial charge on any atom is -0.462 e. The van der Waals surface area contributed by atoms with Gasteiger partial charge >= 0.3 is 18.2 Å². The Morgan fingerprint density at radius 2 is 1.72 bits per heavy atom. The van der Waals surface area contributed by atoms with E-state index >= 15 is 0 Å². The Bertz CT molecular complexity index is 1890. The molecular weight excluding hydrogens is 757 g/mol. The first kappa shape index (κ1) is 42.4. The van der Waals surface area contributed by atoms with Crippen LogP contribution in [-0.2, 0) is 51.7 Å². The number of carbonyl (C=O) groups excluding carboxylic acids is 6. The summed E-state index contributed by atoms with van der Waals surface area (Å²) < 4.78 is 44.9. The molecule has 6 rings (SSSR count). The van der Waals surface area contributed by atoms with Crippen LogP contribution < -0.4 is 10.0 Å². The quantitative estimate of drug-likeness (QED) is 0.278. The smallest absolute Gasteiger partial charge is 0.410 e. The van der Waals surface area contributed by atoms with Crippen LogP contribution in [0.15, 0.2) is 18.2 Å². The number of sulfonamides is 1. The van der Waals surface area contributed by atoms with E-state index in [1.165, 1.54) is 9.80 Å². The van der Waals surface area contributed by atoms with Crippen LogP contribution in [0, 0.1) is 22.2 Å².